The fourth-order valence-corrected chi connectivity index (χ4v) is 2.98. The Balaban J connectivity index is 1.91. The van der Waals surface area contributed by atoms with E-state index in [-0.39, 0.29) is 30.1 Å². The number of nitrogens with one attached hydrogen (secondary N) is 3. The maximum atomic E-state index is 13.6. The number of halogens is 3. The molecule has 2 aromatic carbocycles. The summed E-state index contributed by atoms with van der Waals surface area (Å²) in [6, 6.07) is 10.8. The summed E-state index contributed by atoms with van der Waals surface area (Å²) < 4.78 is 46.2. The second-order valence-corrected chi connectivity index (χ2v) is 7.61. The first-order valence-corrected chi connectivity index (χ1v) is 10.2. The van der Waals surface area contributed by atoms with E-state index in [1.165, 1.54) is 24.3 Å². The van der Waals surface area contributed by atoms with Gasteiger partial charge in [0.15, 0.2) is 12.4 Å². The van der Waals surface area contributed by atoms with Crippen molar-refractivity contribution in [3.63, 3.8) is 0 Å². The Hall–Kier alpha value is -4.15. The van der Waals surface area contributed by atoms with Crippen molar-refractivity contribution in [2.75, 3.05) is 17.7 Å². The fraction of sp³-hybridized carbons (Fsp3) is 0.217. The van der Waals surface area contributed by atoms with Gasteiger partial charge in [0, 0.05) is 41.0 Å². The van der Waals surface area contributed by atoms with Crippen LogP contribution in [-0.4, -0.2) is 34.7 Å². The Morgan fingerprint density at radius 3 is 2.68 bits per heavy atom. The molecule has 11 heteroatoms. The van der Waals surface area contributed by atoms with E-state index in [1.54, 1.807) is 18.2 Å². The molecule has 0 aliphatic carbocycles. The molecule has 34 heavy (non-hydrogen) atoms. The number of hydrogen-bond acceptors (Lipinski definition) is 7. The third-order valence-electron chi connectivity index (χ3n) is 4.51. The van der Waals surface area contributed by atoms with Gasteiger partial charge in [-0.15, -0.1) is 0 Å². The van der Waals surface area contributed by atoms with Gasteiger partial charge in [0.25, 0.3) is 5.91 Å². The molecule has 0 saturated heterocycles. The first kappa shape index (κ1) is 24.5. The van der Waals surface area contributed by atoms with E-state index in [2.05, 4.69) is 20.6 Å². The van der Waals surface area contributed by atoms with Crippen LogP contribution in [0.25, 0.3) is 11.4 Å². The largest absolute Gasteiger partial charge is 0.484 e. The van der Waals surface area contributed by atoms with E-state index < -0.39 is 17.6 Å². The minimum Gasteiger partial charge on any atom is -0.484 e. The van der Waals surface area contributed by atoms with Crippen molar-refractivity contribution in [3.05, 3.63) is 59.8 Å². The summed E-state index contributed by atoms with van der Waals surface area (Å²) in [6.45, 7) is 3.43. The summed E-state index contributed by atoms with van der Waals surface area (Å²) in [4.78, 5) is 19.8. The Morgan fingerprint density at radius 2 is 2.00 bits per heavy atom. The molecular formula is C23H23F3N6O2. The number of amides is 1. The van der Waals surface area contributed by atoms with Crippen LogP contribution in [0.1, 0.15) is 25.0 Å². The molecule has 1 heterocycles. The number of hydrogen-bond donors (Lipinski definition) is 4. The van der Waals surface area contributed by atoms with Crippen molar-refractivity contribution in [1.82, 2.24) is 15.3 Å². The third-order valence-corrected chi connectivity index (χ3v) is 4.51. The predicted molar refractivity (Wildman–Crippen MR) is 123 cm³/mol. The van der Waals surface area contributed by atoms with Gasteiger partial charge in [0.2, 0.25) is 0 Å². The number of alkyl halides is 3. The quantitative estimate of drug-likeness (QED) is 0.285. The number of nitrogen functional groups attached to an aromatic ring is 1. The van der Waals surface area contributed by atoms with Crippen LogP contribution in [0, 0.1) is 5.41 Å². The lowest BCUT2D eigenvalue weighted by atomic mass is 10.1. The number of nitrogens with zero attached hydrogens (tertiary/aromatic N) is 2. The third kappa shape index (κ3) is 6.21. The van der Waals surface area contributed by atoms with Crippen molar-refractivity contribution < 1.29 is 22.7 Å². The molecule has 3 rings (SSSR count). The fourth-order valence-electron chi connectivity index (χ4n) is 2.98. The summed E-state index contributed by atoms with van der Waals surface area (Å²) in [6.07, 6.45) is -3.00. The Bertz CT molecular complexity index is 1200. The number of benzene rings is 2. The highest BCUT2D eigenvalue weighted by Crippen LogP contribution is 2.36. The molecule has 1 amide bonds. The van der Waals surface area contributed by atoms with Gasteiger partial charge in [-0.25, -0.2) is 9.97 Å². The van der Waals surface area contributed by atoms with Crippen LogP contribution >= 0.6 is 0 Å². The highest BCUT2D eigenvalue weighted by molar-refractivity contribution is 5.87. The predicted octanol–water partition coefficient (Wildman–Crippen LogP) is 4.39. The van der Waals surface area contributed by atoms with Gasteiger partial charge in [-0.2, -0.15) is 13.2 Å². The smallest absolute Gasteiger partial charge is 0.421 e. The molecule has 1 aromatic heterocycles. The monoisotopic (exact) mass is 472 g/mol. The molecular weight excluding hydrogens is 449 g/mol. The van der Waals surface area contributed by atoms with Gasteiger partial charge >= 0.3 is 6.18 Å². The van der Waals surface area contributed by atoms with Crippen molar-refractivity contribution in [2.24, 2.45) is 0 Å². The SMILES string of the molecule is CC(C)NC(=O)COc1cccc(-c2ncc(C(F)(F)F)c(Nc3ccc(N)c(C=N)c3)n2)c1. The Morgan fingerprint density at radius 1 is 1.24 bits per heavy atom. The van der Waals surface area contributed by atoms with Gasteiger partial charge in [0.05, 0.1) is 0 Å². The molecule has 0 unspecified atom stereocenters. The number of rotatable bonds is 8. The van der Waals surface area contributed by atoms with Crippen molar-refractivity contribution in [3.8, 4) is 17.1 Å². The molecule has 0 aliphatic rings. The molecule has 0 atom stereocenters. The summed E-state index contributed by atoms with van der Waals surface area (Å²) >= 11 is 0. The van der Waals surface area contributed by atoms with Crippen LogP contribution in [0.2, 0.25) is 0 Å². The van der Waals surface area contributed by atoms with Gasteiger partial charge < -0.3 is 26.5 Å². The van der Waals surface area contributed by atoms with Crippen LogP contribution in [0.4, 0.5) is 30.4 Å². The van der Waals surface area contributed by atoms with E-state index in [0.717, 1.165) is 6.21 Å². The van der Waals surface area contributed by atoms with E-state index in [4.69, 9.17) is 15.9 Å². The van der Waals surface area contributed by atoms with E-state index in [9.17, 15) is 18.0 Å². The molecule has 0 bridgehead atoms. The zero-order valence-corrected chi connectivity index (χ0v) is 18.4. The molecule has 178 valence electrons. The molecule has 8 nitrogen and oxygen atoms in total. The lowest BCUT2D eigenvalue weighted by Crippen LogP contribution is -2.34. The maximum Gasteiger partial charge on any atom is 0.421 e. The lowest BCUT2D eigenvalue weighted by molar-refractivity contribution is -0.137. The lowest BCUT2D eigenvalue weighted by Gasteiger charge is -2.15. The number of aromatic nitrogens is 2. The molecule has 5 N–H and O–H groups in total. The Labute approximate surface area is 193 Å². The van der Waals surface area contributed by atoms with Crippen LogP contribution in [0.15, 0.2) is 48.7 Å². The minimum atomic E-state index is -4.70. The van der Waals surface area contributed by atoms with E-state index in [1.807, 2.05) is 13.8 Å². The van der Waals surface area contributed by atoms with E-state index >= 15 is 0 Å². The first-order chi connectivity index (χ1) is 16.1. The second-order valence-electron chi connectivity index (χ2n) is 7.61. The highest BCUT2D eigenvalue weighted by Gasteiger charge is 2.35. The standard InChI is InChI=1S/C23H23F3N6O2/c1-13(2)30-20(33)12-34-17-5-3-4-14(9-17)21-29-11-18(23(24,25)26)22(32-21)31-16-6-7-19(28)15(8-16)10-27/h3-11,13,27H,12,28H2,1-2H3,(H,30,33)(H,29,31,32). The van der Waals surface area contributed by atoms with Crippen LogP contribution in [-0.2, 0) is 11.0 Å². The molecule has 0 saturated carbocycles. The van der Waals surface area contributed by atoms with E-state index in [0.29, 0.717) is 28.8 Å². The zero-order valence-electron chi connectivity index (χ0n) is 18.4. The summed E-state index contributed by atoms with van der Waals surface area (Å²) in [5.74, 6) is -0.398. The number of anilines is 3. The second kappa shape index (κ2) is 10.2. The summed E-state index contributed by atoms with van der Waals surface area (Å²) in [5.41, 5.74) is 6.04. The normalized spacial score (nSPS) is 11.2. The summed E-state index contributed by atoms with van der Waals surface area (Å²) in [5, 5.41) is 12.7. The number of ether oxygens (including phenoxy) is 1. The Kier molecular flexibility index (Phi) is 7.34. The molecule has 0 aliphatic heterocycles. The van der Waals surface area contributed by atoms with Crippen molar-refractivity contribution in [1.29, 1.82) is 5.41 Å². The number of carbonyl (C=O) groups is 1. The molecule has 3 aromatic rings. The first-order valence-electron chi connectivity index (χ1n) is 10.2. The topological polar surface area (TPSA) is 126 Å². The minimum absolute atomic E-state index is 0.0234. The molecule has 0 fully saturated rings. The highest BCUT2D eigenvalue weighted by atomic mass is 19.4. The molecule has 0 radical (unpaired) electrons. The molecule has 0 spiro atoms. The maximum absolute atomic E-state index is 13.6. The van der Waals surface area contributed by atoms with Gasteiger partial charge in [-0.1, -0.05) is 12.1 Å². The average molecular weight is 472 g/mol. The van der Waals surface area contributed by atoms with Gasteiger partial charge in [-0.3, -0.25) is 4.79 Å². The zero-order chi connectivity index (χ0) is 24.9. The van der Waals surface area contributed by atoms with Gasteiger partial charge in [0.1, 0.15) is 17.1 Å². The van der Waals surface area contributed by atoms with Crippen LogP contribution in [0.3, 0.4) is 0 Å². The van der Waals surface area contributed by atoms with Crippen molar-refractivity contribution >= 4 is 29.3 Å². The average Bonchev–Trinajstić information content (AvgIpc) is 2.78. The van der Waals surface area contributed by atoms with Crippen LogP contribution in [0.5, 0.6) is 5.75 Å². The number of nitrogens with two attached hydrogens (primary N) is 1. The summed E-state index contributed by atoms with van der Waals surface area (Å²) in [7, 11) is 0. The van der Waals surface area contributed by atoms with Crippen LogP contribution < -0.4 is 21.1 Å². The van der Waals surface area contributed by atoms with Gasteiger partial charge in [-0.05, 0) is 44.2 Å². The van der Waals surface area contributed by atoms with Crippen molar-refractivity contribution in [2.45, 2.75) is 26.1 Å². The number of carbonyl (C=O) groups excluding carboxylic acids is 1.